The molecule has 0 aliphatic carbocycles. The Hall–Kier alpha value is -2.93. The van der Waals surface area contributed by atoms with Crippen molar-refractivity contribution in [3.8, 4) is 0 Å². The van der Waals surface area contributed by atoms with Gasteiger partial charge < -0.3 is 19.9 Å². The molecule has 1 atom stereocenters. The SMILES string of the molecule is CNc1cc(C(=O)N2CCO[C@@H](C(=O)N3CCc4ccccc4C3)C2)ccn1. The monoisotopic (exact) mass is 380 g/mol. The number of nitrogens with one attached hydrogen (secondary N) is 1. The number of carbonyl (C=O) groups excluding carboxylic acids is 2. The molecule has 0 saturated carbocycles. The Balaban J connectivity index is 1.43. The molecule has 2 aliphatic heterocycles. The molecule has 7 nitrogen and oxygen atoms in total. The second-order valence-electron chi connectivity index (χ2n) is 7.07. The van der Waals surface area contributed by atoms with E-state index >= 15 is 0 Å². The number of fused-ring (bicyclic) bond motifs is 1. The maximum atomic E-state index is 13.0. The molecule has 1 saturated heterocycles. The first-order valence-corrected chi connectivity index (χ1v) is 9.56. The number of benzene rings is 1. The van der Waals surface area contributed by atoms with E-state index in [4.69, 9.17) is 4.74 Å². The van der Waals surface area contributed by atoms with Crippen LogP contribution in [0.3, 0.4) is 0 Å². The molecule has 4 rings (SSSR count). The largest absolute Gasteiger partial charge is 0.373 e. The quantitative estimate of drug-likeness (QED) is 0.875. The fourth-order valence-corrected chi connectivity index (χ4v) is 3.75. The van der Waals surface area contributed by atoms with Crippen molar-refractivity contribution in [1.29, 1.82) is 0 Å². The summed E-state index contributed by atoms with van der Waals surface area (Å²) in [4.78, 5) is 33.6. The third-order valence-corrected chi connectivity index (χ3v) is 5.33. The summed E-state index contributed by atoms with van der Waals surface area (Å²) < 4.78 is 5.73. The van der Waals surface area contributed by atoms with Gasteiger partial charge in [0.25, 0.3) is 11.8 Å². The average Bonchev–Trinajstić information content (AvgIpc) is 2.77. The number of rotatable bonds is 3. The highest BCUT2D eigenvalue weighted by Crippen LogP contribution is 2.21. The van der Waals surface area contributed by atoms with E-state index in [1.165, 1.54) is 11.1 Å². The maximum Gasteiger partial charge on any atom is 0.254 e. The zero-order valence-corrected chi connectivity index (χ0v) is 15.9. The number of hydrogen-bond acceptors (Lipinski definition) is 5. The van der Waals surface area contributed by atoms with Gasteiger partial charge >= 0.3 is 0 Å². The predicted molar refractivity (Wildman–Crippen MR) is 105 cm³/mol. The summed E-state index contributed by atoms with van der Waals surface area (Å²) in [7, 11) is 1.76. The second kappa shape index (κ2) is 7.98. The first-order chi connectivity index (χ1) is 13.7. The van der Waals surface area contributed by atoms with Gasteiger partial charge in [-0.2, -0.15) is 0 Å². The molecule has 3 heterocycles. The maximum absolute atomic E-state index is 13.0. The predicted octanol–water partition coefficient (Wildman–Crippen LogP) is 1.55. The fraction of sp³-hybridized carbons (Fsp3) is 0.381. The number of carbonyl (C=O) groups is 2. The van der Waals surface area contributed by atoms with Crippen LogP contribution in [0.5, 0.6) is 0 Å². The van der Waals surface area contributed by atoms with Crippen molar-refractivity contribution in [2.45, 2.75) is 19.1 Å². The highest BCUT2D eigenvalue weighted by Gasteiger charge is 2.33. The average molecular weight is 380 g/mol. The lowest BCUT2D eigenvalue weighted by atomic mass is 9.99. The van der Waals surface area contributed by atoms with Crippen molar-refractivity contribution >= 4 is 17.6 Å². The zero-order valence-electron chi connectivity index (χ0n) is 15.9. The molecule has 2 aliphatic rings. The van der Waals surface area contributed by atoms with Gasteiger partial charge in [-0.1, -0.05) is 24.3 Å². The molecule has 1 fully saturated rings. The summed E-state index contributed by atoms with van der Waals surface area (Å²) in [6, 6.07) is 11.6. The first-order valence-electron chi connectivity index (χ1n) is 9.56. The summed E-state index contributed by atoms with van der Waals surface area (Å²) in [5.41, 5.74) is 3.03. The van der Waals surface area contributed by atoms with Crippen LogP contribution < -0.4 is 5.32 Å². The van der Waals surface area contributed by atoms with Gasteiger partial charge in [0.15, 0.2) is 6.10 Å². The Kier molecular flexibility index (Phi) is 5.25. The molecular weight excluding hydrogens is 356 g/mol. The minimum absolute atomic E-state index is 0.0438. The summed E-state index contributed by atoms with van der Waals surface area (Å²) in [5, 5.41) is 2.94. The Morgan fingerprint density at radius 1 is 1.14 bits per heavy atom. The molecule has 28 heavy (non-hydrogen) atoms. The number of anilines is 1. The van der Waals surface area contributed by atoms with E-state index in [9.17, 15) is 9.59 Å². The van der Waals surface area contributed by atoms with E-state index in [1.807, 2.05) is 17.0 Å². The van der Waals surface area contributed by atoms with Gasteiger partial charge in [-0.25, -0.2) is 4.98 Å². The van der Waals surface area contributed by atoms with Gasteiger partial charge in [-0.05, 0) is 29.7 Å². The molecule has 146 valence electrons. The van der Waals surface area contributed by atoms with E-state index in [0.717, 1.165) is 6.42 Å². The van der Waals surface area contributed by atoms with Crippen LogP contribution in [0.25, 0.3) is 0 Å². The first kappa shape index (κ1) is 18.4. The number of morpholine rings is 1. The summed E-state index contributed by atoms with van der Waals surface area (Å²) in [6.45, 7) is 2.38. The van der Waals surface area contributed by atoms with Crippen molar-refractivity contribution in [2.24, 2.45) is 0 Å². The van der Waals surface area contributed by atoms with Crippen molar-refractivity contribution in [2.75, 3.05) is 38.6 Å². The Bertz CT molecular complexity index is 885. The van der Waals surface area contributed by atoms with E-state index in [1.54, 1.807) is 30.3 Å². The molecule has 7 heteroatoms. The van der Waals surface area contributed by atoms with Crippen molar-refractivity contribution in [3.63, 3.8) is 0 Å². The van der Waals surface area contributed by atoms with Crippen molar-refractivity contribution in [1.82, 2.24) is 14.8 Å². The van der Waals surface area contributed by atoms with Gasteiger partial charge in [0.1, 0.15) is 5.82 Å². The third-order valence-electron chi connectivity index (χ3n) is 5.33. The van der Waals surface area contributed by atoms with Crippen LogP contribution in [-0.4, -0.2) is 66.0 Å². The zero-order chi connectivity index (χ0) is 19.5. The second-order valence-corrected chi connectivity index (χ2v) is 7.07. The summed E-state index contributed by atoms with van der Waals surface area (Å²) in [6.07, 6.45) is 1.84. The Morgan fingerprint density at radius 3 is 2.79 bits per heavy atom. The molecular formula is C21H24N4O3. The standard InChI is InChI=1S/C21H24N4O3/c1-22-19-12-16(6-8-23-19)20(26)25-10-11-28-18(14-25)21(27)24-9-7-15-4-2-3-5-17(15)13-24/h2-6,8,12,18H,7,9-11,13-14H2,1H3,(H,22,23)/t18-/m1/s1. The number of hydrogen-bond donors (Lipinski definition) is 1. The van der Waals surface area contributed by atoms with Crippen LogP contribution in [0.1, 0.15) is 21.5 Å². The van der Waals surface area contributed by atoms with Gasteiger partial charge in [-0.15, -0.1) is 0 Å². The molecule has 0 radical (unpaired) electrons. The molecule has 0 bridgehead atoms. The Labute approximate surface area is 164 Å². The lowest BCUT2D eigenvalue weighted by Gasteiger charge is -2.36. The third kappa shape index (κ3) is 3.71. The number of nitrogens with zero attached hydrogens (tertiary/aromatic N) is 3. The molecule has 2 amide bonds. The summed E-state index contributed by atoms with van der Waals surface area (Å²) >= 11 is 0. The van der Waals surface area contributed by atoms with E-state index in [0.29, 0.717) is 37.6 Å². The molecule has 1 aromatic heterocycles. The van der Waals surface area contributed by atoms with Crippen molar-refractivity contribution < 1.29 is 14.3 Å². The van der Waals surface area contributed by atoms with Gasteiger partial charge in [-0.3, -0.25) is 9.59 Å². The number of pyridine rings is 1. The molecule has 0 spiro atoms. The molecule has 1 N–H and O–H groups in total. The number of aromatic nitrogens is 1. The minimum Gasteiger partial charge on any atom is -0.373 e. The fourth-order valence-electron chi connectivity index (χ4n) is 3.75. The van der Waals surface area contributed by atoms with E-state index in [2.05, 4.69) is 22.4 Å². The Morgan fingerprint density at radius 2 is 1.96 bits per heavy atom. The van der Waals surface area contributed by atoms with Crippen LogP contribution in [0, 0.1) is 0 Å². The number of ether oxygens (including phenoxy) is 1. The van der Waals surface area contributed by atoms with Crippen LogP contribution in [-0.2, 0) is 22.5 Å². The van der Waals surface area contributed by atoms with Gasteiger partial charge in [0.05, 0.1) is 13.2 Å². The molecule has 2 aromatic rings. The lowest BCUT2D eigenvalue weighted by Crippen LogP contribution is -2.53. The molecule has 1 aromatic carbocycles. The van der Waals surface area contributed by atoms with E-state index < -0.39 is 6.10 Å². The highest BCUT2D eigenvalue weighted by molar-refractivity contribution is 5.95. The minimum atomic E-state index is -0.617. The van der Waals surface area contributed by atoms with E-state index in [-0.39, 0.29) is 18.4 Å². The summed E-state index contributed by atoms with van der Waals surface area (Å²) in [5.74, 6) is 0.486. The van der Waals surface area contributed by atoms with Crippen LogP contribution in [0.15, 0.2) is 42.6 Å². The smallest absolute Gasteiger partial charge is 0.254 e. The van der Waals surface area contributed by atoms with Crippen LogP contribution >= 0.6 is 0 Å². The lowest BCUT2D eigenvalue weighted by molar-refractivity contribution is -0.149. The van der Waals surface area contributed by atoms with Gasteiger partial charge in [0.2, 0.25) is 0 Å². The topological polar surface area (TPSA) is 74.8 Å². The number of amides is 2. The van der Waals surface area contributed by atoms with Crippen LogP contribution in [0.4, 0.5) is 5.82 Å². The van der Waals surface area contributed by atoms with Gasteiger partial charge in [0, 0.05) is 38.4 Å². The highest BCUT2D eigenvalue weighted by atomic mass is 16.5. The normalized spacial score (nSPS) is 19.1. The molecule has 0 unspecified atom stereocenters. The van der Waals surface area contributed by atoms with Crippen LogP contribution in [0.2, 0.25) is 0 Å². The van der Waals surface area contributed by atoms with Crippen molar-refractivity contribution in [3.05, 3.63) is 59.3 Å².